The number of aromatic hydroxyl groups is 2. The largest absolute Gasteiger partial charge is 0.507 e. The lowest BCUT2D eigenvalue weighted by atomic mass is 9.78. The van der Waals surface area contributed by atoms with E-state index in [0.717, 1.165) is 66.8 Å². The molecule has 0 aliphatic heterocycles. The highest BCUT2D eigenvalue weighted by Gasteiger charge is 2.27. The first-order valence-corrected chi connectivity index (χ1v) is 22.2. The van der Waals surface area contributed by atoms with Crippen LogP contribution in [-0.4, -0.2) is 10.2 Å². The van der Waals surface area contributed by atoms with Crippen molar-refractivity contribution >= 4 is 0 Å². The number of hydrogen-bond donors (Lipinski definition) is 2. The first kappa shape index (κ1) is 44.1. The van der Waals surface area contributed by atoms with Gasteiger partial charge in [-0.05, 0) is 113 Å². The molecule has 0 unspecified atom stereocenters. The predicted molar refractivity (Wildman–Crippen MR) is 260 cm³/mol. The zero-order valence-electron chi connectivity index (χ0n) is 39.1. The van der Waals surface area contributed by atoms with Gasteiger partial charge in [0.2, 0.25) is 0 Å². The summed E-state index contributed by atoms with van der Waals surface area (Å²) in [4.78, 5) is 0. The quantitative estimate of drug-likeness (QED) is 0.150. The second-order valence-electron chi connectivity index (χ2n) is 21.6. The molecule has 1 aliphatic carbocycles. The predicted octanol–water partition coefficient (Wildman–Crippen LogP) is 13.8. The normalized spacial score (nSPS) is 13.1. The summed E-state index contributed by atoms with van der Waals surface area (Å²) in [5.41, 5.74) is 15.6. The van der Waals surface area contributed by atoms with Crippen LogP contribution in [-0.2, 0) is 47.3 Å². The Kier molecular flexibility index (Phi) is 11.9. The van der Waals surface area contributed by atoms with E-state index >= 15 is 0 Å². The summed E-state index contributed by atoms with van der Waals surface area (Å²) in [6.07, 6.45) is 1.97. The van der Waals surface area contributed by atoms with Gasteiger partial charge in [0.1, 0.15) is 11.5 Å². The van der Waals surface area contributed by atoms with E-state index in [9.17, 15) is 10.2 Å². The van der Waals surface area contributed by atoms with E-state index in [4.69, 9.17) is 0 Å². The molecule has 0 radical (unpaired) electrons. The van der Waals surface area contributed by atoms with E-state index in [-0.39, 0.29) is 21.7 Å². The minimum atomic E-state index is -0.175. The second-order valence-corrected chi connectivity index (χ2v) is 21.6. The van der Waals surface area contributed by atoms with Crippen molar-refractivity contribution in [3.63, 3.8) is 0 Å². The number of phenols is 2. The fourth-order valence-corrected chi connectivity index (χ4v) is 8.34. The fraction of sp³-hybridized carbons (Fsp3) is 0.333. The number of fused-ring (bicyclic) bond motifs is 8. The van der Waals surface area contributed by atoms with Crippen LogP contribution in [0.1, 0.15) is 172 Å². The van der Waals surface area contributed by atoms with Crippen molar-refractivity contribution in [1.82, 2.24) is 0 Å². The molecule has 0 spiro atoms. The molecule has 2 nitrogen and oxygen atoms in total. The van der Waals surface area contributed by atoms with Gasteiger partial charge in [0.15, 0.2) is 0 Å². The SMILES string of the molecule is CC(C)(C)c1cc2c(O)c(c1)Cc1cc(C(C)(C)C)cc(c1C#Cc1ccccc1)Cc1cc(C(C)(C)C)cc(c1O)Cc1cc(C(C)(C)C)cc(c1C#Cc1ccccc1)C2. The molecule has 2 heteroatoms. The molecule has 0 saturated heterocycles. The summed E-state index contributed by atoms with van der Waals surface area (Å²) in [6, 6.07) is 38.3. The van der Waals surface area contributed by atoms with Crippen molar-refractivity contribution in [2.24, 2.45) is 0 Å². The van der Waals surface area contributed by atoms with Gasteiger partial charge in [0.05, 0.1) is 0 Å². The Morgan fingerprint density at radius 3 is 0.774 bits per heavy atom. The highest BCUT2D eigenvalue weighted by molar-refractivity contribution is 5.62. The van der Waals surface area contributed by atoms with Gasteiger partial charge in [0, 0.05) is 47.9 Å². The molecule has 0 amide bonds. The van der Waals surface area contributed by atoms with Crippen LogP contribution in [0.4, 0.5) is 0 Å². The third-order valence-corrected chi connectivity index (χ3v) is 12.3. The highest BCUT2D eigenvalue weighted by atomic mass is 16.3. The minimum Gasteiger partial charge on any atom is -0.507 e. The van der Waals surface area contributed by atoms with Gasteiger partial charge < -0.3 is 10.2 Å². The lowest BCUT2D eigenvalue weighted by molar-refractivity contribution is 0.461. The van der Waals surface area contributed by atoms with Crippen molar-refractivity contribution in [3.05, 3.63) is 198 Å². The molecule has 0 heterocycles. The van der Waals surface area contributed by atoms with Crippen molar-refractivity contribution in [1.29, 1.82) is 0 Å². The third-order valence-electron chi connectivity index (χ3n) is 12.3. The molecule has 0 atom stereocenters. The van der Waals surface area contributed by atoms with E-state index in [0.29, 0.717) is 37.2 Å². The summed E-state index contributed by atoms with van der Waals surface area (Å²) < 4.78 is 0. The molecule has 8 bridgehead atoms. The Labute approximate surface area is 372 Å². The standard InChI is InChI=1S/C60H64O2/c1-57(2,3)49-31-41-27-45-35-51(59(7,8)9)37-47(55(45)61)29-43-33-50(58(4,5)6)34-44(54(43)26-24-40-21-17-14-18-22-40)30-48-38-52(60(10,11)12)36-46(56(48)62)28-42(32-49)53(41)25-23-39-19-15-13-16-20-39/h13-22,31-38,61-62H,27-30H2,1-12H3. The smallest absolute Gasteiger partial charge is 0.122 e. The maximum atomic E-state index is 12.6. The molecular formula is C60H64O2. The number of hydrogen-bond acceptors (Lipinski definition) is 2. The summed E-state index contributed by atoms with van der Waals surface area (Å²) in [7, 11) is 0. The monoisotopic (exact) mass is 816 g/mol. The Balaban J connectivity index is 1.61. The van der Waals surface area contributed by atoms with Gasteiger partial charge in [-0.3, -0.25) is 0 Å². The van der Waals surface area contributed by atoms with Gasteiger partial charge in [-0.25, -0.2) is 0 Å². The molecule has 1 aliphatic rings. The summed E-state index contributed by atoms with van der Waals surface area (Å²) in [5, 5.41) is 25.2. The summed E-state index contributed by atoms with van der Waals surface area (Å²) >= 11 is 0. The van der Waals surface area contributed by atoms with E-state index in [1.54, 1.807) is 0 Å². The molecule has 62 heavy (non-hydrogen) atoms. The number of phenolic OH excluding ortho intramolecular Hbond substituents is 2. The van der Waals surface area contributed by atoms with Gasteiger partial charge in [-0.1, -0.05) is 192 Å². The third kappa shape index (κ3) is 9.88. The average Bonchev–Trinajstić information content (AvgIpc) is 3.18. The molecule has 0 saturated carbocycles. The topological polar surface area (TPSA) is 40.5 Å². The van der Waals surface area contributed by atoms with Crippen LogP contribution in [0.5, 0.6) is 11.5 Å². The van der Waals surface area contributed by atoms with Crippen molar-refractivity contribution in [3.8, 4) is 35.2 Å². The van der Waals surface area contributed by atoms with Gasteiger partial charge in [-0.2, -0.15) is 0 Å². The molecule has 2 N–H and O–H groups in total. The molecular weight excluding hydrogens is 753 g/mol. The van der Waals surface area contributed by atoms with Crippen molar-refractivity contribution in [2.75, 3.05) is 0 Å². The van der Waals surface area contributed by atoms with Crippen LogP contribution in [0.15, 0.2) is 109 Å². The van der Waals surface area contributed by atoms with E-state index in [2.05, 4.69) is 155 Å². The number of benzene rings is 6. The molecule has 0 aromatic heterocycles. The molecule has 7 rings (SSSR count). The molecule has 316 valence electrons. The second kappa shape index (κ2) is 16.7. The fourth-order valence-electron chi connectivity index (χ4n) is 8.34. The zero-order valence-corrected chi connectivity index (χ0v) is 39.1. The Morgan fingerprint density at radius 2 is 0.548 bits per heavy atom. The molecule has 0 fully saturated rings. The maximum absolute atomic E-state index is 12.6. The van der Waals surface area contributed by atoms with Crippen LogP contribution >= 0.6 is 0 Å². The van der Waals surface area contributed by atoms with Gasteiger partial charge in [-0.15, -0.1) is 0 Å². The van der Waals surface area contributed by atoms with Crippen molar-refractivity contribution < 1.29 is 10.2 Å². The molecule has 6 aromatic rings. The van der Waals surface area contributed by atoms with Crippen LogP contribution in [0.3, 0.4) is 0 Å². The van der Waals surface area contributed by atoms with Crippen LogP contribution in [0.25, 0.3) is 0 Å². The van der Waals surface area contributed by atoms with Crippen LogP contribution in [0, 0.1) is 23.7 Å². The Morgan fingerprint density at radius 1 is 0.323 bits per heavy atom. The average molecular weight is 817 g/mol. The van der Waals surface area contributed by atoms with Gasteiger partial charge in [0.25, 0.3) is 0 Å². The van der Waals surface area contributed by atoms with Gasteiger partial charge >= 0.3 is 0 Å². The minimum absolute atomic E-state index is 0.165. The van der Waals surface area contributed by atoms with Crippen LogP contribution < -0.4 is 0 Å². The maximum Gasteiger partial charge on any atom is 0.122 e. The summed E-state index contributed by atoms with van der Waals surface area (Å²) in [6.45, 7) is 27.0. The molecule has 6 aromatic carbocycles. The van der Waals surface area contributed by atoms with E-state index in [1.165, 1.54) is 22.3 Å². The summed E-state index contributed by atoms with van der Waals surface area (Å²) in [5.74, 6) is 14.9. The van der Waals surface area contributed by atoms with Crippen molar-refractivity contribution in [2.45, 2.75) is 130 Å². The first-order chi connectivity index (χ1) is 29.0. The van der Waals surface area contributed by atoms with Crippen LogP contribution in [0.2, 0.25) is 0 Å². The lowest BCUT2D eigenvalue weighted by Crippen LogP contribution is -2.16. The lowest BCUT2D eigenvalue weighted by Gasteiger charge is -2.27. The number of rotatable bonds is 0. The van der Waals surface area contributed by atoms with E-state index < -0.39 is 0 Å². The Hall–Kier alpha value is -5.96. The first-order valence-electron chi connectivity index (χ1n) is 22.2. The highest BCUT2D eigenvalue weighted by Crippen LogP contribution is 2.41. The Bertz CT molecular complexity index is 2480. The zero-order chi connectivity index (χ0) is 44.8. The van der Waals surface area contributed by atoms with E-state index in [1.807, 2.05) is 60.7 Å².